The predicted octanol–water partition coefficient (Wildman–Crippen LogP) is 0.990. The molecule has 0 spiro atoms. The molecule has 0 aromatic carbocycles. The van der Waals surface area contributed by atoms with Gasteiger partial charge in [-0.25, -0.2) is 9.78 Å². The van der Waals surface area contributed by atoms with Gasteiger partial charge in [0.2, 0.25) is 5.91 Å². The Kier molecular flexibility index (Phi) is 5.44. The van der Waals surface area contributed by atoms with Crippen molar-refractivity contribution in [2.45, 2.75) is 24.1 Å². The van der Waals surface area contributed by atoms with Gasteiger partial charge in [0.25, 0.3) is 0 Å². The number of rotatable bonds is 4. The largest absolute Gasteiger partial charge is 0.397 e. The van der Waals surface area contributed by atoms with Gasteiger partial charge in [0, 0.05) is 12.7 Å². The molecular formula is C11H16N4O2S. The van der Waals surface area contributed by atoms with E-state index in [1.807, 2.05) is 0 Å². The number of urea groups is 1. The van der Waals surface area contributed by atoms with Gasteiger partial charge in [-0.15, -0.1) is 0 Å². The van der Waals surface area contributed by atoms with Gasteiger partial charge < -0.3 is 11.1 Å². The molecule has 1 heterocycles. The SMILES string of the molecule is CCNC(=O)NC(=O)C(C)Sc1ncccc1N. The average molecular weight is 268 g/mol. The van der Waals surface area contributed by atoms with Gasteiger partial charge in [0.05, 0.1) is 10.9 Å². The Morgan fingerprint density at radius 3 is 2.89 bits per heavy atom. The summed E-state index contributed by atoms with van der Waals surface area (Å²) in [5, 5.41) is 4.85. The number of nitrogen functional groups attached to an aromatic ring is 1. The molecule has 0 saturated carbocycles. The summed E-state index contributed by atoms with van der Waals surface area (Å²) in [4.78, 5) is 26.9. The van der Waals surface area contributed by atoms with E-state index in [4.69, 9.17) is 5.73 Å². The molecule has 0 radical (unpaired) electrons. The maximum Gasteiger partial charge on any atom is 0.321 e. The number of aromatic nitrogens is 1. The zero-order chi connectivity index (χ0) is 13.5. The van der Waals surface area contributed by atoms with Gasteiger partial charge in [0.1, 0.15) is 5.03 Å². The summed E-state index contributed by atoms with van der Waals surface area (Å²) in [6, 6.07) is 2.94. The number of carbonyl (C=O) groups is 2. The van der Waals surface area contributed by atoms with Crippen LogP contribution in [0.15, 0.2) is 23.4 Å². The summed E-state index contributed by atoms with van der Waals surface area (Å²) in [5.41, 5.74) is 6.24. The second kappa shape index (κ2) is 6.85. The maximum absolute atomic E-state index is 11.7. The van der Waals surface area contributed by atoms with Crippen molar-refractivity contribution in [3.8, 4) is 0 Å². The summed E-state index contributed by atoms with van der Waals surface area (Å²) >= 11 is 1.21. The normalized spacial score (nSPS) is 11.7. The Hall–Kier alpha value is -1.76. The number of imide groups is 1. The number of thioether (sulfide) groups is 1. The number of nitrogens with zero attached hydrogens (tertiary/aromatic N) is 1. The Bertz CT molecular complexity index is 439. The number of carbonyl (C=O) groups excluding carboxylic acids is 2. The molecule has 0 aliphatic heterocycles. The van der Waals surface area contributed by atoms with Crippen molar-refractivity contribution in [2.75, 3.05) is 12.3 Å². The first-order chi connectivity index (χ1) is 8.54. The minimum Gasteiger partial charge on any atom is -0.397 e. The monoisotopic (exact) mass is 268 g/mol. The second-order valence-electron chi connectivity index (χ2n) is 3.51. The highest BCUT2D eigenvalue weighted by Gasteiger charge is 2.18. The molecule has 0 aliphatic rings. The Morgan fingerprint density at radius 2 is 2.28 bits per heavy atom. The molecule has 1 atom stereocenters. The summed E-state index contributed by atoms with van der Waals surface area (Å²) in [6.07, 6.45) is 1.60. The van der Waals surface area contributed by atoms with Crippen LogP contribution in [0, 0.1) is 0 Å². The van der Waals surface area contributed by atoms with E-state index in [-0.39, 0.29) is 5.91 Å². The van der Waals surface area contributed by atoms with Crippen molar-refractivity contribution >= 4 is 29.4 Å². The van der Waals surface area contributed by atoms with E-state index in [0.717, 1.165) is 0 Å². The number of nitrogens with two attached hydrogens (primary N) is 1. The molecule has 0 saturated heterocycles. The first kappa shape index (κ1) is 14.3. The van der Waals surface area contributed by atoms with Gasteiger partial charge in [-0.3, -0.25) is 10.1 Å². The third-order valence-electron chi connectivity index (χ3n) is 2.03. The third kappa shape index (κ3) is 4.25. The van der Waals surface area contributed by atoms with Crippen LogP contribution in [0.25, 0.3) is 0 Å². The van der Waals surface area contributed by atoms with Crippen molar-refractivity contribution in [2.24, 2.45) is 0 Å². The minimum atomic E-state index is -0.496. The van der Waals surface area contributed by atoms with E-state index in [2.05, 4.69) is 15.6 Å². The Balaban J connectivity index is 2.55. The van der Waals surface area contributed by atoms with Crippen LogP contribution in [0.4, 0.5) is 10.5 Å². The van der Waals surface area contributed by atoms with Gasteiger partial charge in [-0.2, -0.15) is 0 Å². The summed E-state index contributed by atoms with van der Waals surface area (Å²) < 4.78 is 0. The zero-order valence-corrected chi connectivity index (χ0v) is 11.1. The van der Waals surface area contributed by atoms with Crippen LogP contribution < -0.4 is 16.4 Å². The fourth-order valence-corrected chi connectivity index (χ4v) is 1.97. The van der Waals surface area contributed by atoms with E-state index in [0.29, 0.717) is 17.3 Å². The fraction of sp³-hybridized carbons (Fsp3) is 0.364. The standard InChI is InChI=1S/C11H16N4O2S/c1-3-13-11(17)15-9(16)7(2)18-10-8(12)5-4-6-14-10/h4-7H,3,12H2,1-2H3,(H2,13,15,16,17). The third-order valence-corrected chi connectivity index (χ3v) is 3.16. The fourth-order valence-electron chi connectivity index (χ4n) is 1.14. The Labute approximate surface area is 110 Å². The average Bonchev–Trinajstić information content (AvgIpc) is 2.32. The van der Waals surface area contributed by atoms with Crippen LogP contribution in [0.2, 0.25) is 0 Å². The van der Waals surface area contributed by atoms with Crippen molar-refractivity contribution in [3.63, 3.8) is 0 Å². The molecule has 1 unspecified atom stereocenters. The summed E-state index contributed by atoms with van der Waals surface area (Å²) in [5.74, 6) is -0.379. The van der Waals surface area contributed by atoms with Gasteiger partial charge in [0.15, 0.2) is 0 Å². The van der Waals surface area contributed by atoms with Gasteiger partial charge in [-0.05, 0) is 26.0 Å². The van der Waals surface area contributed by atoms with Gasteiger partial charge >= 0.3 is 6.03 Å². The van der Waals surface area contributed by atoms with E-state index < -0.39 is 11.3 Å². The van der Waals surface area contributed by atoms with Crippen LogP contribution >= 0.6 is 11.8 Å². The summed E-state index contributed by atoms with van der Waals surface area (Å²) in [7, 11) is 0. The van der Waals surface area contributed by atoms with Crippen LogP contribution in [-0.2, 0) is 4.79 Å². The van der Waals surface area contributed by atoms with Crippen molar-refractivity contribution in [3.05, 3.63) is 18.3 Å². The van der Waals surface area contributed by atoms with Crippen LogP contribution in [-0.4, -0.2) is 28.7 Å². The molecule has 0 aliphatic carbocycles. The highest BCUT2D eigenvalue weighted by atomic mass is 32.2. The molecule has 18 heavy (non-hydrogen) atoms. The first-order valence-corrected chi connectivity index (χ1v) is 6.38. The highest BCUT2D eigenvalue weighted by Crippen LogP contribution is 2.25. The minimum absolute atomic E-state index is 0.379. The lowest BCUT2D eigenvalue weighted by atomic mass is 10.4. The first-order valence-electron chi connectivity index (χ1n) is 5.50. The molecule has 0 bridgehead atoms. The van der Waals surface area contributed by atoms with Crippen molar-refractivity contribution in [1.82, 2.24) is 15.6 Å². The molecule has 98 valence electrons. The lowest BCUT2D eigenvalue weighted by molar-refractivity contribution is -0.119. The molecule has 1 aromatic heterocycles. The van der Waals surface area contributed by atoms with Crippen LogP contribution in [0.1, 0.15) is 13.8 Å². The quantitative estimate of drug-likeness (QED) is 0.707. The van der Waals surface area contributed by atoms with E-state index in [9.17, 15) is 9.59 Å². The lowest BCUT2D eigenvalue weighted by Crippen LogP contribution is -2.42. The molecule has 1 aromatic rings. The predicted molar refractivity (Wildman–Crippen MR) is 71.2 cm³/mol. The smallest absolute Gasteiger partial charge is 0.321 e. The van der Waals surface area contributed by atoms with Crippen LogP contribution in [0.3, 0.4) is 0 Å². The zero-order valence-electron chi connectivity index (χ0n) is 10.3. The maximum atomic E-state index is 11.7. The topological polar surface area (TPSA) is 97.1 Å². The number of pyridine rings is 1. The molecule has 6 nitrogen and oxygen atoms in total. The molecule has 7 heteroatoms. The number of amides is 3. The van der Waals surface area contributed by atoms with Crippen LogP contribution in [0.5, 0.6) is 0 Å². The number of nitrogens with one attached hydrogen (secondary N) is 2. The number of hydrogen-bond acceptors (Lipinski definition) is 5. The van der Waals surface area contributed by atoms with E-state index >= 15 is 0 Å². The van der Waals surface area contributed by atoms with Gasteiger partial charge in [-0.1, -0.05) is 11.8 Å². The summed E-state index contributed by atoms with van der Waals surface area (Å²) in [6.45, 7) is 3.93. The van der Waals surface area contributed by atoms with Crippen molar-refractivity contribution in [1.29, 1.82) is 0 Å². The molecule has 4 N–H and O–H groups in total. The molecule has 0 fully saturated rings. The second-order valence-corrected chi connectivity index (χ2v) is 4.84. The lowest BCUT2D eigenvalue weighted by Gasteiger charge is -2.11. The molecule has 1 rings (SSSR count). The highest BCUT2D eigenvalue weighted by molar-refractivity contribution is 8.00. The number of anilines is 1. The number of hydrogen-bond donors (Lipinski definition) is 3. The van der Waals surface area contributed by atoms with E-state index in [1.54, 1.807) is 32.2 Å². The Morgan fingerprint density at radius 1 is 1.56 bits per heavy atom. The molecule has 3 amide bonds. The molecular weight excluding hydrogens is 252 g/mol. The van der Waals surface area contributed by atoms with Crippen molar-refractivity contribution < 1.29 is 9.59 Å². The van der Waals surface area contributed by atoms with E-state index in [1.165, 1.54) is 11.8 Å².